The average molecular weight is 422 g/mol. The number of hydrogen-bond acceptors (Lipinski definition) is 3. The minimum atomic E-state index is -4.62. The SMILES string of the molecule is N#CC1(NC(=O)[C@H](Cc2ccccc2Cl)NC(c2ccccc2)C(F)(F)F)CC1. The van der Waals surface area contributed by atoms with Crippen LogP contribution in [-0.2, 0) is 11.2 Å². The van der Waals surface area contributed by atoms with Gasteiger partial charge >= 0.3 is 6.18 Å². The zero-order valence-electron chi connectivity index (χ0n) is 15.3. The van der Waals surface area contributed by atoms with E-state index >= 15 is 0 Å². The van der Waals surface area contributed by atoms with E-state index in [0.29, 0.717) is 23.4 Å². The van der Waals surface area contributed by atoms with Crippen LogP contribution in [0.4, 0.5) is 13.2 Å². The van der Waals surface area contributed by atoms with Crippen molar-refractivity contribution >= 4 is 17.5 Å². The molecule has 1 aliphatic rings. The highest BCUT2D eigenvalue weighted by Crippen LogP contribution is 2.36. The van der Waals surface area contributed by atoms with Crippen molar-refractivity contribution in [3.63, 3.8) is 0 Å². The van der Waals surface area contributed by atoms with Gasteiger partial charge in [-0.25, -0.2) is 0 Å². The maximum Gasteiger partial charge on any atom is 0.407 e. The fourth-order valence-corrected chi connectivity index (χ4v) is 3.26. The predicted octanol–water partition coefficient (Wildman–Crippen LogP) is 4.32. The molecule has 1 unspecified atom stereocenters. The Hall–Kier alpha value is -2.56. The number of halogens is 4. The molecule has 1 amide bonds. The van der Waals surface area contributed by atoms with Crippen molar-refractivity contribution in [3.8, 4) is 6.07 Å². The Labute approximate surface area is 171 Å². The van der Waals surface area contributed by atoms with E-state index in [1.165, 1.54) is 24.3 Å². The molecule has 2 aromatic rings. The molecule has 1 saturated carbocycles. The molecule has 8 heteroatoms. The maximum atomic E-state index is 13.8. The van der Waals surface area contributed by atoms with Gasteiger partial charge in [-0.3, -0.25) is 10.1 Å². The normalized spacial score (nSPS) is 17.1. The van der Waals surface area contributed by atoms with E-state index in [4.69, 9.17) is 11.6 Å². The number of nitrogens with zero attached hydrogens (tertiary/aromatic N) is 1. The predicted molar refractivity (Wildman–Crippen MR) is 103 cm³/mol. The molecule has 0 bridgehead atoms. The summed E-state index contributed by atoms with van der Waals surface area (Å²) in [7, 11) is 0. The van der Waals surface area contributed by atoms with Gasteiger partial charge in [0.15, 0.2) is 0 Å². The van der Waals surface area contributed by atoms with Crippen LogP contribution in [0.15, 0.2) is 54.6 Å². The summed E-state index contributed by atoms with van der Waals surface area (Å²) in [5.74, 6) is -0.658. The number of rotatable bonds is 7. The van der Waals surface area contributed by atoms with Crippen molar-refractivity contribution < 1.29 is 18.0 Å². The van der Waals surface area contributed by atoms with Crippen molar-refractivity contribution in [2.24, 2.45) is 0 Å². The van der Waals surface area contributed by atoms with Gasteiger partial charge in [0, 0.05) is 5.02 Å². The number of nitrogens with one attached hydrogen (secondary N) is 2. The van der Waals surface area contributed by atoms with Crippen LogP contribution in [0.1, 0.15) is 30.0 Å². The number of nitriles is 1. The third-order valence-corrected chi connectivity index (χ3v) is 5.22. The molecule has 2 atom stereocenters. The van der Waals surface area contributed by atoms with Crippen LogP contribution in [0, 0.1) is 11.3 Å². The topological polar surface area (TPSA) is 64.9 Å². The summed E-state index contributed by atoms with van der Waals surface area (Å²) in [6, 6.07) is 12.8. The molecule has 1 fully saturated rings. The van der Waals surface area contributed by atoms with E-state index in [0.717, 1.165) is 0 Å². The summed E-state index contributed by atoms with van der Waals surface area (Å²) in [6.07, 6.45) is -3.70. The Morgan fingerprint density at radius 2 is 1.76 bits per heavy atom. The Morgan fingerprint density at radius 3 is 2.31 bits per heavy atom. The third kappa shape index (κ3) is 5.28. The Morgan fingerprint density at radius 1 is 1.14 bits per heavy atom. The summed E-state index contributed by atoms with van der Waals surface area (Å²) in [6.45, 7) is 0. The lowest BCUT2D eigenvalue weighted by atomic mass is 10.0. The zero-order chi connectivity index (χ0) is 21.1. The van der Waals surface area contributed by atoms with Gasteiger partial charge in [-0.2, -0.15) is 18.4 Å². The first-order valence-corrected chi connectivity index (χ1v) is 9.46. The molecule has 0 spiro atoms. The minimum absolute atomic E-state index is 0.00150. The van der Waals surface area contributed by atoms with Crippen LogP contribution in [0.5, 0.6) is 0 Å². The summed E-state index contributed by atoms with van der Waals surface area (Å²) in [4.78, 5) is 12.8. The summed E-state index contributed by atoms with van der Waals surface area (Å²) in [5, 5.41) is 14.6. The quantitative estimate of drug-likeness (QED) is 0.700. The van der Waals surface area contributed by atoms with Crippen molar-refractivity contribution in [3.05, 3.63) is 70.7 Å². The second-order valence-electron chi connectivity index (χ2n) is 7.08. The molecular weight excluding hydrogens is 403 g/mol. The van der Waals surface area contributed by atoms with E-state index in [1.54, 1.807) is 30.3 Å². The smallest absolute Gasteiger partial charge is 0.336 e. The molecule has 0 aromatic heterocycles. The molecule has 1 aliphatic carbocycles. The largest absolute Gasteiger partial charge is 0.407 e. The van der Waals surface area contributed by atoms with Crippen molar-refractivity contribution in [2.75, 3.05) is 0 Å². The average Bonchev–Trinajstić information content (AvgIpc) is 3.46. The number of amides is 1. The van der Waals surface area contributed by atoms with Crippen LogP contribution >= 0.6 is 11.6 Å². The van der Waals surface area contributed by atoms with Gasteiger partial charge in [0.25, 0.3) is 0 Å². The van der Waals surface area contributed by atoms with E-state index in [9.17, 15) is 23.2 Å². The highest BCUT2D eigenvalue weighted by molar-refractivity contribution is 6.31. The van der Waals surface area contributed by atoms with Gasteiger partial charge in [0.1, 0.15) is 11.6 Å². The summed E-state index contributed by atoms with van der Waals surface area (Å²) >= 11 is 6.16. The third-order valence-electron chi connectivity index (χ3n) is 4.85. The number of alkyl halides is 3. The van der Waals surface area contributed by atoms with Gasteiger partial charge in [0.2, 0.25) is 5.91 Å². The highest BCUT2D eigenvalue weighted by Gasteiger charge is 2.47. The molecule has 0 heterocycles. The van der Waals surface area contributed by atoms with E-state index in [-0.39, 0.29) is 12.0 Å². The first kappa shape index (κ1) is 21.2. The van der Waals surface area contributed by atoms with Crippen LogP contribution in [-0.4, -0.2) is 23.7 Å². The van der Waals surface area contributed by atoms with E-state index in [2.05, 4.69) is 10.6 Å². The van der Waals surface area contributed by atoms with Crippen LogP contribution in [0.25, 0.3) is 0 Å². The Balaban J connectivity index is 1.89. The molecule has 2 aromatic carbocycles. The number of carbonyl (C=O) groups excluding carboxylic acids is 1. The number of benzene rings is 2. The van der Waals surface area contributed by atoms with E-state index < -0.39 is 29.7 Å². The van der Waals surface area contributed by atoms with Gasteiger partial charge in [0.05, 0.1) is 12.1 Å². The fourth-order valence-electron chi connectivity index (χ4n) is 3.05. The lowest BCUT2D eigenvalue weighted by Gasteiger charge is -2.28. The molecule has 152 valence electrons. The first-order valence-electron chi connectivity index (χ1n) is 9.08. The molecule has 0 radical (unpaired) electrons. The number of hydrogen-bond donors (Lipinski definition) is 2. The lowest BCUT2D eigenvalue weighted by Crippen LogP contribution is -2.52. The lowest BCUT2D eigenvalue weighted by molar-refractivity contribution is -0.160. The molecule has 2 N–H and O–H groups in total. The maximum absolute atomic E-state index is 13.8. The number of carbonyl (C=O) groups is 1. The van der Waals surface area contributed by atoms with Crippen LogP contribution < -0.4 is 10.6 Å². The van der Waals surface area contributed by atoms with Gasteiger partial charge < -0.3 is 5.32 Å². The van der Waals surface area contributed by atoms with Crippen LogP contribution in [0.2, 0.25) is 5.02 Å². The molecule has 29 heavy (non-hydrogen) atoms. The van der Waals surface area contributed by atoms with Crippen molar-refractivity contribution in [2.45, 2.75) is 43.1 Å². The standard InChI is InChI=1S/C21H19ClF3N3O/c22-16-9-5-4-8-15(16)12-17(19(29)28-20(13-26)10-11-20)27-18(21(23,24)25)14-6-2-1-3-7-14/h1-9,17-18,27H,10-12H2,(H,28,29)/t17-,18?/m0/s1. The summed E-state index contributed by atoms with van der Waals surface area (Å²) < 4.78 is 41.4. The molecule has 4 nitrogen and oxygen atoms in total. The van der Waals surface area contributed by atoms with Crippen molar-refractivity contribution in [1.82, 2.24) is 10.6 Å². The molecule has 0 aliphatic heterocycles. The van der Waals surface area contributed by atoms with Crippen molar-refractivity contribution in [1.29, 1.82) is 5.26 Å². The first-order chi connectivity index (χ1) is 13.7. The van der Waals surface area contributed by atoms with Gasteiger partial charge in [-0.1, -0.05) is 60.1 Å². The van der Waals surface area contributed by atoms with Gasteiger partial charge in [-0.15, -0.1) is 0 Å². The molecule has 3 rings (SSSR count). The summed E-state index contributed by atoms with van der Waals surface area (Å²) in [5.41, 5.74) is -0.450. The molecule has 0 saturated heterocycles. The Bertz CT molecular complexity index is 907. The monoisotopic (exact) mass is 421 g/mol. The fraction of sp³-hybridized carbons (Fsp3) is 0.333. The second kappa shape index (κ2) is 8.44. The highest BCUT2D eigenvalue weighted by atomic mass is 35.5. The zero-order valence-corrected chi connectivity index (χ0v) is 16.1. The van der Waals surface area contributed by atoms with E-state index in [1.807, 2.05) is 6.07 Å². The minimum Gasteiger partial charge on any atom is -0.336 e. The van der Waals surface area contributed by atoms with Crippen LogP contribution in [0.3, 0.4) is 0 Å². The Kier molecular flexibility index (Phi) is 6.15. The molecular formula is C21H19ClF3N3O. The van der Waals surface area contributed by atoms with Gasteiger partial charge in [-0.05, 0) is 36.5 Å². The second-order valence-corrected chi connectivity index (χ2v) is 7.49.